The lowest BCUT2D eigenvalue weighted by Crippen LogP contribution is -2.16. The Bertz CT molecular complexity index is 1030. The Hall–Kier alpha value is -3.80. The highest BCUT2D eigenvalue weighted by Gasteiger charge is 2.12. The molecule has 4 aromatic rings. The van der Waals surface area contributed by atoms with E-state index in [1.807, 2.05) is 71.4 Å². The smallest absolute Gasteiger partial charge is 0.261 e. The maximum absolute atomic E-state index is 12.5. The number of hydrogen-bond acceptors (Lipinski definition) is 4. The Morgan fingerprint density at radius 1 is 0.889 bits per heavy atom. The SMILES string of the molecule is O=C(Nc1nccn1Cc1ccccc1)c1cnc(-c2ccccc2)nc1. The van der Waals surface area contributed by atoms with Crippen LogP contribution in [0.15, 0.2) is 85.5 Å². The van der Waals surface area contributed by atoms with E-state index in [2.05, 4.69) is 20.3 Å². The second kappa shape index (κ2) is 7.61. The third kappa shape index (κ3) is 3.90. The minimum Gasteiger partial charge on any atom is -0.313 e. The van der Waals surface area contributed by atoms with Crippen LogP contribution in [0.1, 0.15) is 15.9 Å². The first kappa shape index (κ1) is 16.7. The molecule has 2 aromatic heterocycles. The van der Waals surface area contributed by atoms with E-state index in [1.165, 1.54) is 12.4 Å². The molecule has 0 unspecified atom stereocenters. The highest BCUT2D eigenvalue weighted by atomic mass is 16.1. The third-order valence-electron chi connectivity index (χ3n) is 4.08. The van der Waals surface area contributed by atoms with E-state index in [4.69, 9.17) is 0 Å². The number of carbonyl (C=O) groups excluding carboxylic acids is 1. The van der Waals surface area contributed by atoms with E-state index >= 15 is 0 Å². The summed E-state index contributed by atoms with van der Waals surface area (Å²) in [6, 6.07) is 19.6. The van der Waals surface area contributed by atoms with Gasteiger partial charge in [0.25, 0.3) is 5.91 Å². The quantitative estimate of drug-likeness (QED) is 0.593. The lowest BCUT2D eigenvalue weighted by molar-refractivity contribution is 0.102. The second-order valence-corrected chi connectivity index (χ2v) is 5.98. The molecule has 0 atom stereocenters. The van der Waals surface area contributed by atoms with Crippen LogP contribution in [-0.2, 0) is 6.54 Å². The van der Waals surface area contributed by atoms with Crippen LogP contribution in [0, 0.1) is 0 Å². The summed E-state index contributed by atoms with van der Waals surface area (Å²) in [7, 11) is 0. The molecule has 4 rings (SSSR count). The molecule has 2 aromatic carbocycles. The lowest BCUT2D eigenvalue weighted by atomic mass is 10.2. The van der Waals surface area contributed by atoms with Crippen molar-refractivity contribution in [3.8, 4) is 11.4 Å². The van der Waals surface area contributed by atoms with E-state index in [0.717, 1.165) is 11.1 Å². The van der Waals surface area contributed by atoms with Crippen LogP contribution in [0.3, 0.4) is 0 Å². The Balaban J connectivity index is 1.48. The van der Waals surface area contributed by atoms with Crippen molar-refractivity contribution in [2.75, 3.05) is 5.32 Å². The molecule has 0 spiro atoms. The van der Waals surface area contributed by atoms with Crippen molar-refractivity contribution in [2.24, 2.45) is 0 Å². The van der Waals surface area contributed by atoms with Gasteiger partial charge in [-0.05, 0) is 5.56 Å². The van der Waals surface area contributed by atoms with Gasteiger partial charge in [-0.25, -0.2) is 15.0 Å². The number of aromatic nitrogens is 4. The fourth-order valence-electron chi connectivity index (χ4n) is 2.70. The molecule has 2 heterocycles. The average molecular weight is 355 g/mol. The number of anilines is 1. The van der Waals surface area contributed by atoms with Gasteiger partial charge in [0, 0.05) is 30.4 Å². The van der Waals surface area contributed by atoms with Crippen molar-refractivity contribution in [1.29, 1.82) is 0 Å². The van der Waals surface area contributed by atoms with Crippen molar-refractivity contribution < 1.29 is 4.79 Å². The average Bonchev–Trinajstić information content (AvgIpc) is 3.16. The predicted molar refractivity (Wildman–Crippen MR) is 103 cm³/mol. The van der Waals surface area contributed by atoms with Gasteiger partial charge in [-0.3, -0.25) is 10.1 Å². The number of rotatable bonds is 5. The first-order valence-electron chi connectivity index (χ1n) is 8.53. The number of amides is 1. The molecule has 0 aliphatic rings. The monoisotopic (exact) mass is 355 g/mol. The first-order valence-corrected chi connectivity index (χ1v) is 8.53. The van der Waals surface area contributed by atoms with Crippen LogP contribution in [0.25, 0.3) is 11.4 Å². The van der Waals surface area contributed by atoms with Crippen molar-refractivity contribution in [1.82, 2.24) is 19.5 Å². The minimum atomic E-state index is -0.296. The van der Waals surface area contributed by atoms with Crippen LogP contribution in [0.5, 0.6) is 0 Å². The molecule has 1 N–H and O–H groups in total. The topological polar surface area (TPSA) is 72.7 Å². The van der Waals surface area contributed by atoms with Crippen molar-refractivity contribution in [2.45, 2.75) is 6.54 Å². The summed E-state index contributed by atoms with van der Waals surface area (Å²) in [4.78, 5) is 25.3. The molecule has 0 aliphatic heterocycles. The van der Waals surface area contributed by atoms with Crippen molar-refractivity contribution in [3.63, 3.8) is 0 Å². The molecule has 0 bridgehead atoms. The lowest BCUT2D eigenvalue weighted by Gasteiger charge is -2.09. The van der Waals surface area contributed by atoms with Gasteiger partial charge in [0.2, 0.25) is 5.95 Å². The fraction of sp³-hybridized carbons (Fsp3) is 0.0476. The van der Waals surface area contributed by atoms with E-state index in [0.29, 0.717) is 23.9 Å². The number of imidazole rings is 1. The molecule has 1 amide bonds. The van der Waals surface area contributed by atoms with Crippen LogP contribution in [0.2, 0.25) is 0 Å². The number of carbonyl (C=O) groups is 1. The van der Waals surface area contributed by atoms with Gasteiger partial charge in [0.1, 0.15) is 0 Å². The van der Waals surface area contributed by atoms with Gasteiger partial charge < -0.3 is 4.57 Å². The van der Waals surface area contributed by atoms with Crippen LogP contribution >= 0.6 is 0 Å². The molecular formula is C21H17N5O. The number of hydrogen-bond donors (Lipinski definition) is 1. The highest BCUT2D eigenvalue weighted by Crippen LogP contribution is 2.14. The summed E-state index contributed by atoms with van der Waals surface area (Å²) in [5, 5.41) is 2.82. The largest absolute Gasteiger partial charge is 0.313 e. The highest BCUT2D eigenvalue weighted by molar-refractivity contribution is 6.03. The fourth-order valence-corrected chi connectivity index (χ4v) is 2.70. The minimum absolute atomic E-state index is 0.296. The number of benzene rings is 2. The molecule has 6 heteroatoms. The van der Waals surface area contributed by atoms with E-state index in [-0.39, 0.29) is 5.91 Å². The Morgan fingerprint density at radius 3 is 2.26 bits per heavy atom. The van der Waals surface area contributed by atoms with Crippen molar-refractivity contribution in [3.05, 3.63) is 96.6 Å². The zero-order valence-corrected chi connectivity index (χ0v) is 14.5. The van der Waals surface area contributed by atoms with Gasteiger partial charge in [0.05, 0.1) is 12.1 Å². The zero-order valence-electron chi connectivity index (χ0n) is 14.5. The summed E-state index contributed by atoms with van der Waals surface area (Å²) < 4.78 is 1.88. The Kier molecular flexibility index (Phi) is 4.70. The molecule has 6 nitrogen and oxygen atoms in total. The van der Waals surface area contributed by atoms with Gasteiger partial charge >= 0.3 is 0 Å². The Morgan fingerprint density at radius 2 is 1.56 bits per heavy atom. The normalized spacial score (nSPS) is 10.5. The Labute approximate surface area is 156 Å². The maximum Gasteiger partial charge on any atom is 0.261 e. The number of nitrogens with one attached hydrogen (secondary N) is 1. The standard InChI is InChI=1S/C21H17N5O/c27-20(18-13-23-19(24-14-18)17-9-5-2-6-10-17)25-21-22-11-12-26(21)15-16-7-3-1-4-8-16/h1-14H,15H2,(H,22,25,27). The molecule has 0 aliphatic carbocycles. The van der Waals surface area contributed by atoms with Gasteiger partial charge in [-0.1, -0.05) is 60.7 Å². The van der Waals surface area contributed by atoms with E-state index < -0.39 is 0 Å². The summed E-state index contributed by atoms with van der Waals surface area (Å²) >= 11 is 0. The molecule has 27 heavy (non-hydrogen) atoms. The summed E-state index contributed by atoms with van der Waals surface area (Å²) in [5.41, 5.74) is 2.41. The molecule has 0 radical (unpaired) electrons. The van der Waals surface area contributed by atoms with Crippen LogP contribution < -0.4 is 5.32 Å². The summed E-state index contributed by atoms with van der Waals surface area (Å²) in [6.45, 7) is 0.625. The van der Waals surface area contributed by atoms with Gasteiger partial charge in [-0.2, -0.15) is 0 Å². The summed E-state index contributed by atoms with van der Waals surface area (Å²) in [6.07, 6.45) is 6.54. The molecule has 132 valence electrons. The second-order valence-electron chi connectivity index (χ2n) is 5.98. The van der Waals surface area contributed by atoms with Crippen LogP contribution in [0.4, 0.5) is 5.95 Å². The van der Waals surface area contributed by atoms with Gasteiger partial charge in [0.15, 0.2) is 5.82 Å². The maximum atomic E-state index is 12.5. The van der Waals surface area contributed by atoms with Crippen molar-refractivity contribution >= 4 is 11.9 Å². The molecular weight excluding hydrogens is 338 g/mol. The predicted octanol–water partition coefficient (Wildman–Crippen LogP) is 3.64. The zero-order chi connectivity index (χ0) is 18.5. The first-order chi connectivity index (χ1) is 13.3. The van der Waals surface area contributed by atoms with E-state index in [1.54, 1.807) is 6.20 Å². The molecule has 0 fully saturated rings. The summed E-state index contributed by atoms with van der Waals surface area (Å²) in [5.74, 6) is 0.767. The number of nitrogens with zero attached hydrogens (tertiary/aromatic N) is 4. The third-order valence-corrected chi connectivity index (χ3v) is 4.08. The molecule has 0 saturated carbocycles. The molecule has 0 saturated heterocycles. The van der Waals surface area contributed by atoms with Crippen LogP contribution in [-0.4, -0.2) is 25.4 Å². The van der Waals surface area contributed by atoms with Gasteiger partial charge in [-0.15, -0.1) is 0 Å². The van der Waals surface area contributed by atoms with E-state index in [9.17, 15) is 4.79 Å².